The zero-order chi connectivity index (χ0) is 11.9. The lowest BCUT2D eigenvalue weighted by atomic mass is 10.3. The van der Waals surface area contributed by atoms with E-state index in [1.807, 2.05) is 18.2 Å². The fourth-order valence-corrected chi connectivity index (χ4v) is 4.93. The summed E-state index contributed by atoms with van der Waals surface area (Å²) >= 11 is 8.72. The molecule has 0 fully saturated rings. The summed E-state index contributed by atoms with van der Waals surface area (Å²) in [6.45, 7) is 0. The van der Waals surface area contributed by atoms with Crippen molar-refractivity contribution in [2.45, 2.75) is 8.67 Å². The van der Waals surface area contributed by atoms with Gasteiger partial charge in [-0.05, 0) is 36.7 Å². The molecule has 3 rings (SSSR count). The molecule has 1 aromatic heterocycles. The van der Waals surface area contributed by atoms with E-state index in [0.717, 1.165) is 14.6 Å². The van der Waals surface area contributed by atoms with Crippen LogP contribution in [-0.2, 0) is 0 Å². The smallest absolute Gasteiger partial charge is 0.223 e. The molecule has 1 atom stereocenters. The number of hydrogen-bond acceptors (Lipinski definition) is 8. The van der Waals surface area contributed by atoms with E-state index in [0.29, 0.717) is 0 Å². The lowest BCUT2D eigenvalue weighted by molar-refractivity contribution is 0.467. The summed E-state index contributed by atoms with van der Waals surface area (Å²) in [5.74, 6) is 0. The summed E-state index contributed by atoms with van der Waals surface area (Å²) in [6.07, 6.45) is 0. The average molecular weight is 300 g/mol. The van der Waals surface area contributed by atoms with E-state index in [1.54, 1.807) is 16.9 Å². The molecule has 4 nitrogen and oxygen atoms in total. The van der Waals surface area contributed by atoms with Gasteiger partial charge in [-0.25, -0.2) is 9.40 Å². The van der Waals surface area contributed by atoms with Gasteiger partial charge in [-0.3, -0.25) is 5.73 Å². The maximum absolute atomic E-state index is 6.17. The van der Waals surface area contributed by atoms with Gasteiger partial charge in [-0.2, -0.15) is 5.10 Å². The number of nitrogens with zero attached hydrogens (tertiary/aromatic N) is 3. The minimum atomic E-state index is -0.711. The van der Waals surface area contributed by atoms with Crippen LogP contribution in [-0.4, -0.2) is 19.3 Å². The van der Waals surface area contributed by atoms with Crippen molar-refractivity contribution in [1.29, 1.82) is 0 Å². The fourth-order valence-electron chi connectivity index (χ4n) is 1.36. The lowest BCUT2D eigenvalue weighted by Gasteiger charge is -2.26. The van der Waals surface area contributed by atoms with E-state index in [4.69, 9.17) is 5.73 Å². The Balaban J connectivity index is 1.90. The van der Waals surface area contributed by atoms with E-state index in [9.17, 15) is 0 Å². The molecule has 2 aromatic rings. The minimum absolute atomic E-state index is 0.711. The molecule has 2 heterocycles. The van der Waals surface area contributed by atoms with Gasteiger partial charge in [0, 0.05) is 0 Å². The highest BCUT2D eigenvalue weighted by Crippen LogP contribution is 2.45. The van der Waals surface area contributed by atoms with Crippen LogP contribution in [0.5, 0.6) is 0 Å². The second-order valence-corrected chi connectivity index (χ2v) is 7.52. The van der Waals surface area contributed by atoms with Gasteiger partial charge in [-0.15, -0.1) is 11.3 Å². The number of fused-ring (bicyclic) bond motifs is 1. The van der Waals surface area contributed by atoms with Gasteiger partial charge in [-0.1, -0.05) is 23.9 Å². The molecule has 88 valence electrons. The Hall–Kier alpha value is -0.410. The van der Waals surface area contributed by atoms with Crippen LogP contribution in [0.3, 0.4) is 0 Å². The molecule has 1 aromatic carbocycles. The number of hydrazone groups is 1. The summed E-state index contributed by atoms with van der Waals surface area (Å²) in [7, 11) is 0. The first kappa shape index (κ1) is 11.7. The highest BCUT2D eigenvalue weighted by molar-refractivity contribution is 8.25. The third-order valence-electron chi connectivity index (χ3n) is 2.16. The second-order valence-electron chi connectivity index (χ2n) is 3.31. The van der Waals surface area contributed by atoms with Crippen molar-refractivity contribution >= 4 is 63.4 Å². The molecule has 0 radical (unpaired) electrons. The molecule has 17 heavy (non-hydrogen) atoms. The molecule has 8 heteroatoms. The second kappa shape index (κ2) is 4.36. The zero-order valence-corrected chi connectivity index (χ0v) is 11.8. The summed E-state index contributed by atoms with van der Waals surface area (Å²) < 4.78 is 2.82. The number of thioether (sulfide) groups is 2. The van der Waals surface area contributed by atoms with Crippen molar-refractivity contribution in [2.75, 3.05) is 0 Å². The first-order valence-electron chi connectivity index (χ1n) is 4.70. The molecule has 0 bridgehead atoms. The van der Waals surface area contributed by atoms with Crippen molar-refractivity contribution < 1.29 is 0 Å². The van der Waals surface area contributed by atoms with Gasteiger partial charge in [0.2, 0.25) is 4.33 Å². The Labute approximate surface area is 116 Å². The number of thiol groups is 1. The van der Waals surface area contributed by atoms with Crippen molar-refractivity contribution in [3.8, 4) is 0 Å². The zero-order valence-electron chi connectivity index (χ0n) is 8.48. The number of nitrogens with two attached hydrogens (primary N) is 1. The van der Waals surface area contributed by atoms with Gasteiger partial charge in [0.25, 0.3) is 0 Å². The maximum Gasteiger partial charge on any atom is 0.223 e. The first-order valence-corrected chi connectivity index (χ1v) is 7.61. The summed E-state index contributed by atoms with van der Waals surface area (Å²) in [5.41, 5.74) is 8.86. The monoisotopic (exact) mass is 300 g/mol. The van der Waals surface area contributed by atoms with E-state index in [2.05, 4.69) is 29.0 Å². The van der Waals surface area contributed by atoms with Crippen molar-refractivity contribution in [1.82, 2.24) is 9.40 Å². The predicted octanol–water partition coefficient (Wildman–Crippen LogP) is 2.80. The molecule has 1 unspecified atom stereocenters. The lowest BCUT2D eigenvalue weighted by Crippen LogP contribution is -2.40. The highest BCUT2D eigenvalue weighted by Gasteiger charge is 2.37. The Kier molecular flexibility index (Phi) is 2.99. The molecule has 0 saturated carbocycles. The maximum atomic E-state index is 6.17. The molecule has 0 amide bonds. The Morgan fingerprint density at radius 3 is 2.94 bits per heavy atom. The fraction of sp³-hybridized carbons (Fsp3) is 0.111. The number of aromatic nitrogens is 1. The molecule has 1 aliphatic heterocycles. The standard InChI is InChI=1S/C9H8N4S4/c10-9(13(14)11-5-15-9)17-8-12-6-3-1-2-4-7(6)16-8/h1-5,14H,10H2. The van der Waals surface area contributed by atoms with Crippen molar-refractivity contribution in [2.24, 2.45) is 10.8 Å². The summed E-state index contributed by atoms with van der Waals surface area (Å²) in [6, 6.07) is 8.03. The SMILES string of the molecule is NC1(Sc2nc3ccccc3s2)SC=NN1S. The van der Waals surface area contributed by atoms with E-state index < -0.39 is 4.33 Å². The number of thiazole rings is 1. The van der Waals surface area contributed by atoms with Crippen LogP contribution in [0.15, 0.2) is 33.7 Å². The third kappa shape index (κ3) is 2.15. The Morgan fingerprint density at radius 2 is 2.24 bits per heavy atom. The summed E-state index contributed by atoms with van der Waals surface area (Å²) in [5, 5.41) is 4.01. The van der Waals surface area contributed by atoms with E-state index in [-0.39, 0.29) is 0 Å². The van der Waals surface area contributed by atoms with Crippen LogP contribution in [0.4, 0.5) is 0 Å². The number of hydrogen-bond donors (Lipinski definition) is 2. The van der Waals surface area contributed by atoms with E-state index >= 15 is 0 Å². The van der Waals surface area contributed by atoms with Gasteiger partial charge in [0.15, 0.2) is 4.34 Å². The molecular weight excluding hydrogens is 292 g/mol. The van der Waals surface area contributed by atoms with E-state index in [1.165, 1.54) is 27.9 Å². The van der Waals surface area contributed by atoms with Gasteiger partial charge in [0.1, 0.15) is 0 Å². The van der Waals surface area contributed by atoms with Crippen LogP contribution in [0.2, 0.25) is 0 Å². The number of rotatable bonds is 2. The Morgan fingerprint density at radius 1 is 1.41 bits per heavy atom. The number of para-hydroxylation sites is 1. The van der Waals surface area contributed by atoms with Gasteiger partial charge < -0.3 is 0 Å². The normalized spacial score (nSPS) is 23.8. The van der Waals surface area contributed by atoms with Crippen molar-refractivity contribution in [3.05, 3.63) is 24.3 Å². The highest BCUT2D eigenvalue weighted by atomic mass is 32.2. The molecule has 0 aliphatic carbocycles. The largest absolute Gasteiger partial charge is 0.288 e. The molecule has 1 aliphatic rings. The molecule has 0 spiro atoms. The van der Waals surface area contributed by atoms with Gasteiger partial charge >= 0.3 is 0 Å². The molecular formula is C9H8N4S4. The van der Waals surface area contributed by atoms with Crippen LogP contribution in [0, 0.1) is 0 Å². The average Bonchev–Trinajstić information content (AvgIpc) is 2.83. The first-order chi connectivity index (χ1) is 8.17. The molecule has 0 saturated heterocycles. The Bertz CT molecular complexity index is 550. The molecule has 2 N–H and O–H groups in total. The predicted molar refractivity (Wildman–Crippen MR) is 79.3 cm³/mol. The van der Waals surface area contributed by atoms with Crippen LogP contribution in [0.25, 0.3) is 10.2 Å². The topological polar surface area (TPSA) is 54.5 Å². The van der Waals surface area contributed by atoms with Crippen molar-refractivity contribution in [3.63, 3.8) is 0 Å². The third-order valence-corrected chi connectivity index (χ3v) is 6.17. The summed E-state index contributed by atoms with van der Waals surface area (Å²) in [4.78, 5) is 4.53. The van der Waals surface area contributed by atoms with Crippen LogP contribution in [0.1, 0.15) is 0 Å². The van der Waals surface area contributed by atoms with Crippen LogP contribution >= 0.6 is 47.7 Å². The number of benzene rings is 1. The van der Waals surface area contributed by atoms with Crippen LogP contribution < -0.4 is 5.73 Å². The van der Waals surface area contributed by atoms with Gasteiger partial charge in [0.05, 0.1) is 15.8 Å². The minimum Gasteiger partial charge on any atom is -0.288 e. The quantitative estimate of drug-likeness (QED) is 0.660.